The van der Waals surface area contributed by atoms with Gasteiger partial charge in [-0.15, -0.1) is 0 Å². The number of aliphatic carboxylic acids is 1. The van der Waals surface area contributed by atoms with Gasteiger partial charge in [0, 0.05) is 5.02 Å². The molecule has 5 nitrogen and oxygen atoms in total. The molecule has 2 aromatic carbocycles. The van der Waals surface area contributed by atoms with Crippen molar-refractivity contribution in [3.8, 4) is 11.5 Å². The summed E-state index contributed by atoms with van der Waals surface area (Å²) in [5.74, 6) is 0.420. The van der Waals surface area contributed by atoms with E-state index in [0.29, 0.717) is 49.1 Å². The predicted octanol–water partition coefficient (Wildman–Crippen LogP) is 4.63. The number of rotatable bonds is 7. The standard InChI is InChI=1S/C22H26ClNO4/c1-3-28-20-14-17(7-8-19(20)27-2)21(16-5-4-6-18(23)13-16)24-11-9-15(10-12-24)22(25)26/h4-8,13-15,21H,3,9-12H2,1-2H3,(H,25,26). The van der Waals surface area contributed by atoms with E-state index >= 15 is 0 Å². The van der Waals surface area contributed by atoms with E-state index < -0.39 is 5.97 Å². The molecule has 0 aromatic heterocycles. The molecule has 1 fully saturated rings. The van der Waals surface area contributed by atoms with Crippen molar-refractivity contribution in [2.45, 2.75) is 25.8 Å². The van der Waals surface area contributed by atoms with Crippen molar-refractivity contribution >= 4 is 17.6 Å². The summed E-state index contributed by atoms with van der Waals surface area (Å²) in [5, 5.41) is 10.0. The first kappa shape index (κ1) is 20.5. The second-order valence-electron chi connectivity index (χ2n) is 6.95. The van der Waals surface area contributed by atoms with Crippen LogP contribution in [0.4, 0.5) is 0 Å². The van der Waals surface area contributed by atoms with E-state index in [4.69, 9.17) is 21.1 Å². The minimum Gasteiger partial charge on any atom is -0.493 e. The topological polar surface area (TPSA) is 59.0 Å². The number of carbonyl (C=O) groups is 1. The predicted molar refractivity (Wildman–Crippen MR) is 109 cm³/mol. The lowest BCUT2D eigenvalue weighted by Gasteiger charge is -2.37. The molecule has 1 unspecified atom stereocenters. The Kier molecular flexibility index (Phi) is 6.81. The van der Waals surface area contributed by atoms with Crippen LogP contribution in [0, 0.1) is 5.92 Å². The zero-order chi connectivity index (χ0) is 20.1. The van der Waals surface area contributed by atoms with Crippen LogP contribution < -0.4 is 9.47 Å². The molecule has 1 N–H and O–H groups in total. The van der Waals surface area contributed by atoms with Gasteiger partial charge in [0.25, 0.3) is 0 Å². The fourth-order valence-electron chi connectivity index (χ4n) is 3.83. The lowest BCUT2D eigenvalue weighted by atomic mass is 9.91. The molecule has 1 atom stereocenters. The Labute approximate surface area is 170 Å². The second-order valence-corrected chi connectivity index (χ2v) is 7.39. The number of nitrogens with zero attached hydrogens (tertiary/aromatic N) is 1. The Morgan fingerprint density at radius 3 is 2.50 bits per heavy atom. The van der Waals surface area contributed by atoms with Crippen LogP contribution >= 0.6 is 11.6 Å². The van der Waals surface area contributed by atoms with Crippen molar-refractivity contribution in [1.29, 1.82) is 0 Å². The average molecular weight is 404 g/mol. The third kappa shape index (κ3) is 4.59. The molecule has 1 saturated heterocycles. The molecule has 0 amide bonds. The maximum atomic E-state index is 11.3. The molecule has 150 valence electrons. The van der Waals surface area contributed by atoms with Crippen LogP contribution in [0.15, 0.2) is 42.5 Å². The molecule has 0 bridgehead atoms. The first-order chi connectivity index (χ1) is 13.5. The Morgan fingerprint density at radius 1 is 1.18 bits per heavy atom. The number of piperidine rings is 1. The van der Waals surface area contributed by atoms with Crippen LogP contribution in [0.2, 0.25) is 5.02 Å². The summed E-state index contributed by atoms with van der Waals surface area (Å²) < 4.78 is 11.2. The van der Waals surface area contributed by atoms with E-state index in [-0.39, 0.29) is 12.0 Å². The van der Waals surface area contributed by atoms with Crippen LogP contribution in [0.1, 0.15) is 36.9 Å². The normalized spacial score (nSPS) is 16.5. The van der Waals surface area contributed by atoms with Crippen LogP contribution in [0.3, 0.4) is 0 Å². The van der Waals surface area contributed by atoms with Gasteiger partial charge in [-0.1, -0.05) is 29.8 Å². The SMILES string of the molecule is CCOc1cc(C(c2cccc(Cl)c2)N2CCC(C(=O)O)CC2)ccc1OC. The van der Waals surface area contributed by atoms with Crippen LogP contribution in [-0.4, -0.2) is 42.8 Å². The van der Waals surface area contributed by atoms with Crippen molar-refractivity contribution in [3.05, 3.63) is 58.6 Å². The number of carboxylic acid groups (broad SMARTS) is 1. The molecular formula is C22H26ClNO4. The highest BCUT2D eigenvalue weighted by molar-refractivity contribution is 6.30. The summed E-state index contributed by atoms with van der Waals surface area (Å²) in [6.45, 7) is 3.91. The zero-order valence-electron chi connectivity index (χ0n) is 16.2. The second kappa shape index (κ2) is 9.30. The quantitative estimate of drug-likeness (QED) is 0.730. The molecule has 1 aliphatic rings. The third-order valence-electron chi connectivity index (χ3n) is 5.21. The van der Waals surface area contributed by atoms with Crippen LogP contribution in [-0.2, 0) is 4.79 Å². The van der Waals surface area contributed by atoms with Crippen molar-refractivity contribution in [1.82, 2.24) is 4.90 Å². The maximum Gasteiger partial charge on any atom is 0.306 e. The van der Waals surface area contributed by atoms with E-state index in [0.717, 1.165) is 11.1 Å². The highest BCUT2D eigenvalue weighted by Gasteiger charge is 2.30. The van der Waals surface area contributed by atoms with E-state index in [1.807, 2.05) is 43.3 Å². The smallest absolute Gasteiger partial charge is 0.306 e. The van der Waals surface area contributed by atoms with Gasteiger partial charge in [0.15, 0.2) is 11.5 Å². The van der Waals surface area contributed by atoms with E-state index in [1.54, 1.807) is 7.11 Å². The molecular weight excluding hydrogens is 378 g/mol. The Balaban J connectivity index is 1.98. The maximum absolute atomic E-state index is 11.3. The highest BCUT2D eigenvalue weighted by Crippen LogP contribution is 2.37. The van der Waals surface area contributed by atoms with E-state index in [9.17, 15) is 9.90 Å². The summed E-state index contributed by atoms with van der Waals surface area (Å²) in [7, 11) is 1.63. The lowest BCUT2D eigenvalue weighted by Crippen LogP contribution is -2.39. The van der Waals surface area contributed by atoms with Gasteiger partial charge in [-0.2, -0.15) is 0 Å². The molecule has 0 aliphatic carbocycles. The number of hydrogen-bond acceptors (Lipinski definition) is 4. The zero-order valence-corrected chi connectivity index (χ0v) is 17.0. The Hall–Kier alpha value is -2.24. The average Bonchev–Trinajstić information content (AvgIpc) is 2.69. The van der Waals surface area contributed by atoms with Gasteiger partial charge in [0.1, 0.15) is 0 Å². The first-order valence-electron chi connectivity index (χ1n) is 9.56. The van der Waals surface area contributed by atoms with Gasteiger partial charge < -0.3 is 14.6 Å². The summed E-state index contributed by atoms with van der Waals surface area (Å²) in [6.07, 6.45) is 1.28. The number of methoxy groups -OCH3 is 1. The molecule has 28 heavy (non-hydrogen) atoms. The summed E-state index contributed by atoms with van der Waals surface area (Å²) in [5.41, 5.74) is 2.15. The number of ether oxygens (including phenoxy) is 2. The molecule has 0 saturated carbocycles. The van der Waals surface area contributed by atoms with Crippen molar-refractivity contribution in [2.24, 2.45) is 5.92 Å². The molecule has 6 heteroatoms. The summed E-state index contributed by atoms with van der Waals surface area (Å²) in [6, 6.07) is 13.8. The number of hydrogen-bond donors (Lipinski definition) is 1. The number of carboxylic acids is 1. The fraction of sp³-hybridized carbons (Fsp3) is 0.409. The highest BCUT2D eigenvalue weighted by atomic mass is 35.5. The summed E-state index contributed by atoms with van der Waals surface area (Å²) >= 11 is 6.27. The summed E-state index contributed by atoms with van der Waals surface area (Å²) in [4.78, 5) is 13.7. The van der Waals surface area contributed by atoms with Gasteiger partial charge in [-0.3, -0.25) is 9.69 Å². The number of likely N-dealkylation sites (tertiary alicyclic amines) is 1. The van der Waals surface area contributed by atoms with E-state index in [2.05, 4.69) is 11.0 Å². The lowest BCUT2D eigenvalue weighted by molar-refractivity contribution is -0.143. The van der Waals surface area contributed by atoms with Gasteiger partial charge >= 0.3 is 5.97 Å². The molecule has 3 rings (SSSR count). The van der Waals surface area contributed by atoms with Crippen LogP contribution in [0.25, 0.3) is 0 Å². The van der Waals surface area contributed by atoms with Crippen molar-refractivity contribution < 1.29 is 19.4 Å². The third-order valence-corrected chi connectivity index (χ3v) is 5.45. The van der Waals surface area contributed by atoms with Gasteiger partial charge in [0.2, 0.25) is 0 Å². The molecule has 1 heterocycles. The molecule has 2 aromatic rings. The Bertz CT molecular complexity index is 818. The largest absolute Gasteiger partial charge is 0.493 e. The number of halogens is 1. The monoisotopic (exact) mass is 403 g/mol. The van der Waals surface area contributed by atoms with Crippen molar-refractivity contribution in [3.63, 3.8) is 0 Å². The Morgan fingerprint density at radius 2 is 1.89 bits per heavy atom. The van der Waals surface area contributed by atoms with Crippen LogP contribution in [0.5, 0.6) is 11.5 Å². The molecule has 0 spiro atoms. The minimum absolute atomic E-state index is 0.0291. The minimum atomic E-state index is -0.706. The van der Waals surface area contributed by atoms with Gasteiger partial charge in [0.05, 0.1) is 25.7 Å². The van der Waals surface area contributed by atoms with Gasteiger partial charge in [-0.05, 0) is 68.2 Å². The first-order valence-corrected chi connectivity index (χ1v) is 9.94. The number of benzene rings is 2. The van der Waals surface area contributed by atoms with Gasteiger partial charge in [-0.25, -0.2) is 0 Å². The molecule has 0 radical (unpaired) electrons. The fourth-order valence-corrected chi connectivity index (χ4v) is 4.03. The van der Waals surface area contributed by atoms with E-state index in [1.165, 1.54) is 0 Å². The van der Waals surface area contributed by atoms with Crippen molar-refractivity contribution in [2.75, 3.05) is 26.8 Å². The molecule has 1 aliphatic heterocycles.